The highest BCUT2D eigenvalue weighted by Crippen LogP contribution is 2.22. The first-order valence-corrected chi connectivity index (χ1v) is 7.88. The molecule has 0 fully saturated rings. The van der Waals surface area contributed by atoms with E-state index in [0.29, 0.717) is 6.42 Å². The number of nitrogens with zero attached hydrogens (tertiary/aromatic N) is 1. The standard InChI is InChI=1S/C20H21NO/c22-20(19-9-5-2-6-10-19)13-16-21-14-11-18(12-15-21)17-7-3-1-4-8-17/h1-11H,12-16H2. The van der Waals surface area contributed by atoms with Crippen LogP contribution in [0.25, 0.3) is 5.57 Å². The Bertz CT molecular complexity index is 646. The number of carbonyl (C=O) groups excluding carboxylic acids is 1. The second-order valence-corrected chi connectivity index (χ2v) is 5.69. The fraction of sp³-hybridized carbons (Fsp3) is 0.250. The number of carbonyl (C=O) groups is 1. The molecule has 2 aromatic rings. The summed E-state index contributed by atoms with van der Waals surface area (Å²) in [5.74, 6) is 0.235. The van der Waals surface area contributed by atoms with Gasteiger partial charge in [-0.25, -0.2) is 0 Å². The molecule has 0 atom stereocenters. The van der Waals surface area contributed by atoms with Gasteiger partial charge in [-0.2, -0.15) is 0 Å². The van der Waals surface area contributed by atoms with Gasteiger partial charge in [-0.05, 0) is 17.6 Å². The zero-order chi connectivity index (χ0) is 15.2. The van der Waals surface area contributed by atoms with Crippen molar-refractivity contribution in [2.45, 2.75) is 12.8 Å². The highest BCUT2D eigenvalue weighted by atomic mass is 16.1. The van der Waals surface area contributed by atoms with Gasteiger partial charge in [0.15, 0.2) is 5.78 Å². The van der Waals surface area contributed by atoms with E-state index in [2.05, 4.69) is 35.2 Å². The lowest BCUT2D eigenvalue weighted by molar-refractivity contribution is 0.0966. The summed E-state index contributed by atoms with van der Waals surface area (Å²) in [5.41, 5.74) is 3.56. The molecule has 3 rings (SSSR count). The van der Waals surface area contributed by atoms with E-state index in [0.717, 1.165) is 31.6 Å². The molecule has 0 N–H and O–H groups in total. The lowest BCUT2D eigenvalue weighted by Gasteiger charge is -2.26. The molecule has 0 amide bonds. The number of benzene rings is 2. The zero-order valence-corrected chi connectivity index (χ0v) is 12.7. The van der Waals surface area contributed by atoms with Crippen LogP contribution in [-0.4, -0.2) is 30.3 Å². The maximum Gasteiger partial charge on any atom is 0.164 e. The van der Waals surface area contributed by atoms with E-state index in [1.54, 1.807) is 0 Å². The first kappa shape index (κ1) is 14.7. The van der Waals surface area contributed by atoms with Crippen LogP contribution in [0.15, 0.2) is 66.7 Å². The van der Waals surface area contributed by atoms with Crippen molar-refractivity contribution < 1.29 is 4.79 Å². The predicted molar refractivity (Wildman–Crippen MR) is 90.9 cm³/mol. The fourth-order valence-electron chi connectivity index (χ4n) is 2.86. The van der Waals surface area contributed by atoms with Gasteiger partial charge in [-0.3, -0.25) is 9.69 Å². The van der Waals surface area contributed by atoms with E-state index in [1.165, 1.54) is 11.1 Å². The van der Waals surface area contributed by atoms with Crippen LogP contribution in [0, 0.1) is 0 Å². The maximum absolute atomic E-state index is 12.1. The fourth-order valence-corrected chi connectivity index (χ4v) is 2.86. The molecule has 112 valence electrons. The van der Waals surface area contributed by atoms with Crippen molar-refractivity contribution in [3.63, 3.8) is 0 Å². The number of ketones is 1. The average molecular weight is 291 g/mol. The Labute approximate surface area is 132 Å². The highest BCUT2D eigenvalue weighted by Gasteiger charge is 2.14. The molecule has 0 bridgehead atoms. The van der Waals surface area contributed by atoms with Gasteiger partial charge in [0.05, 0.1) is 0 Å². The molecule has 1 aliphatic heterocycles. The predicted octanol–water partition coefficient (Wildman–Crippen LogP) is 4.05. The molecule has 0 spiro atoms. The summed E-state index contributed by atoms with van der Waals surface area (Å²) < 4.78 is 0. The third kappa shape index (κ3) is 3.71. The van der Waals surface area contributed by atoms with Crippen LogP contribution in [0.4, 0.5) is 0 Å². The second kappa shape index (κ2) is 7.19. The van der Waals surface area contributed by atoms with Crippen LogP contribution >= 0.6 is 0 Å². The lowest BCUT2D eigenvalue weighted by Crippen LogP contribution is -2.30. The van der Waals surface area contributed by atoms with Gasteiger partial charge < -0.3 is 0 Å². The number of hydrogen-bond donors (Lipinski definition) is 0. The molecular weight excluding hydrogens is 270 g/mol. The molecule has 2 aromatic carbocycles. The van der Waals surface area contributed by atoms with Crippen molar-refractivity contribution in [1.82, 2.24) is 4.90 Å². The van der Waals surface area contributed by atoms with Crippen molar-refractivity contribution in [3.05, 3.63) is 77.9 Å². The summed E-state index contributed by atoms with van der Waals surface area (Å²) in [7, 11) is 0. The van der Waals surface area contributed by atoms with Gasteiger partial charge >= 0.3 is 0 Å². The van der Waals surface area contributed by atoms with Gasteiger partial charge in [0.25, 0.3) is 0 Å². The van der Waals surface area contributed by atoms with Gasteiger partial charge in [-0.15, -0.1) is 0 Å². The molecule has 0 aliphatic carbocycles. The average Bonchev–Trinajstić information content (AvgIpc) is 2.61. The topological polar surface area (TPSA) is 20.3 Å². The summed E-state index contributed by atoms with van der Waals surface area (Å²) >= 11 is 0. The lowest BCUT2D eigenvalue weighted by atomic mass is 9.99. The normalized spacial score (nSPS) is 15.4. The summed E-state index contributed by atoms with van der Waals surface area (Å²) in [6.07, 6.45) is 3.95. The van der Waals surface area contributed by atoms with Gasteiger partial charge in [0, 0.05) is 31.6 Å². The highest BCUT2D eigenvalue weighted by molar-refractivity contribution is 5.96. The molecule has 0 radical (unpaired) electrons. The molecule has 2 nitrogen and oxygen atoms in total. The summed E-state index contributed by atoms with van der Waals surface area (Å²) in [4.78, 5) is 14.5. The number of hydrogen-bond acceptors (Lipinski definition) is 2. The summed E-state index contributed by atoms with van der Waals surface area (Å²) in [6, 6.07) is 20.1. The molecule has 0 saturated carbocycles. The van der Waals surface area contributed by atoms with Crippen molar-refractivity contribution in [2.24, 2.45) is 0 Å². The van der Waals surface area contributed by atoms with Gasteiger partial charge in [0.2, 0.25) is 0 Å². The first-order valence-electron chi connectivity index (χ1n) is 7.88. The maximum atomic E-state index is 12.1. The van der Waals surface area contributed by atoms with Gasteiger partial charge in [-0.1, -0.05) is 66.7 Å². The number of rotatable bonds is 5. The van der Waals surface area contributed by atoms with Crippen molar-refractivity contribution in [1.29, 1.82) is 0 Å². The Morgan fingerprint density at radius 1 is 0.955 bits per heavy atom. The van der Waals surface area contributed by atoms with Crippen LogP contribution < -0.4 is 0 Å². The minimum atomic E-state index is 0.235. The van der Waals surface area contributed by atoms with Crippen LogP contribution in [0.3, 0.4) is 0 Å². The SMILES string of the molecule is O=C(CCN1CC=C(c2ccccc2)CC1)c1ccccc1. The molecule has 0 unspecified atom stereocenters. The van der Waals surface area contributed by atoms with Crippen molar-refractivity contribution >= 4 is 11.4 Å². The Morgan fingerprint density at radius 3 is 2.27 bits per heavy atom. The third-order valence-electron chi connectivity index (χ3n) is 4.19. The zero-order valence-electron chi connectivity index (χ0n) is 12.7. The molecule has 0 aromatic heterocycles. The smallest absolute Gasteiger partial charge is 0.164 e. The largest absolute Gasteiger partial charge is 0.299 e. The minimum Gasteiger partial charge on any atom is -0.299 e. The molecule has 22 heavy (non-hydrogen) atoms. The Morgan fingerprint density at radius 2 is 1.64 bits per heavy atom. The molecule has 1 aliphatic rings. The van der Waals surface area contributed by atoms with Crippen LogP contribution in [-0.2, 0) is 0 Å². The van der Waals surface area contributed by atoms with Gasteiger partial charge in [0.1, 0.15) is 0 Å². The molecule has 2 heteroatoms. The van der Waals surface area contributed by atoms with Crippen molar-refractivity contribution in [2.75, 3.05) is 19.6 Å². The Hall–Kier alpha value is -2.19. The van der Waals surface area contributed by atoms with Crippen LogP contribution in [0.2, 0.25) is 0 Å². The second-order valence-electron chi connectivity index (χ2n) is 5.69. The van der Waals surface area contributed by atoms with E-state index in [9.17, 15) is 4.79 Å². The number of Topliss-reactive ketones (excluding diaryl/α,β-unsaturated/α-hetero) is 1. The minimum absolute atomic E-state index is 0.235. The summed E-state index contributed by atoms with van der Waals surface area (Å²) in [6.45, 7) is 2.81. The summed E-state index contributed by atoms with van der Waals surface area (Å²) in [5, 5.41) is 0. The van der Waals surface area contributed by atoms with Crippen molar-refractivity contribution in [3.8, 4) is 0 Å². The molecule has 1 heterocycles. The quantitative estimate of drug-likeness (QED) is 0.775. The van der Waals surface area contributed by atoms with E-state index in [-0.39, 0.29) is 5.78 Å². The first-order chi connectivity index (χ1) is 10.8. The van der Waals surface area contributed by atoms with E-state index >= 15 is 0 Å². The Kier molecular flexibility index (Phi) is 4.81. The third-order valence-corrected chi connectivity index (χ3v) is 4.19. The van der Waals surface area contributed by atoms with Crippen LogP contribution in [0.1, 0.15) is 28.8 Å². The van der Waals surface area contributed by atoms with E-state index in [4.69, 9.17) is 0 Å². The monoisotopic (exact) mass is 291 g/mol. The Balaban J connectivity index is 1.52. The van der Waals surface area contributed by atoms with Crippen LogP contribution in [0.5, 0.6) is 0 Å². The molecule has 0 saturated heterocycles. The van der Waals surface area contributed by atoms with E-state index < -0.39 is 0 Å². The molecular formula is C20H21NO. The van der Waals surface area contributed by atoms with E-state index in [1.807, 2.05) is 36.4 Å².